The van der Waals surface area contributed by atoms with Crippen molar-refractivity contribution in [2.75, 3.05) is 26.2 Å². The van der Waals surface area contributed by atoms with E-state index in [0.717, 1.165) is 35.4 Å². The predicted octanol–water partition coefficient (Wildman–Crippen LogP) is 4.84. The van der Waals surface area contributed by atoms with Crippen molar-refractivity contribution in [3.63, 3.8) is 0 Å². The summed E-state index contributed by atoms with van der Waals surface area (Å²) in [5.41, 5.74) is 4.16. The van der Waals surface area contributed by atoms with Gasteiger partial charge in [0.15, 0.2) is 0 Å². The molecule has 34 heavy (non-hydrogen) atoms. The van der Waals surface area contributed by atoms with Crippen LogP contribution in [0.3, 0.4) is 0 Å². The lowest BCUT2D eigenvalue weighted by Crippen LogP contribution is -2.29. The summed E-state index contributed by atoms with van der Waals surface area (Å²) in [7, 11) is 3.60. The second kappa shape index (κ2) is 13.4. The van der Waals surface area contributed by atoms with E-state index in [0.29, 0.717) is 6.61 Å². The molecule has 0 atom stereocenters. The van der Waals surface area contributed by atoms with Gasteiger partial charge in [0.2, 0.25) is 0 Å². The van der Waals surface area contributed by atoms with Gasteiger partial charge in [-0.1, -0.05) is 44.9 Å². The summed E-state index contributed by atoms with van der Waals surface area (Å²) < 4.78 is 9.33. The molecule has 3 aromatic rings. The molecule has 0 spiro atoms. The summed E-state index contributed by atoms with van der Waals surface area (Å²) in [4.78, 5) is 14.7. The summed E-state index contributed by atoms with van der Waals surface area (Å²) in [6.07, 6.45) is 6.32. The molecule has 1 aromatic heterocycles. The van der Waals surface area contributed by atoms with E-state index in [9.17, 15) is 4.79 Å². The van der Waals surface area contributed by atoms with Crippen LogP contribution in [0.1, 0.15) is 57.1 Å². The van der Waals surface area contributed by atoms with E-state index in [2.05, 4.69) is 36.2 Å². The Kier molecular flexibility index (Phi) is 10.2. The summed E-state index contributed by atoms with van der Waals surface area (Å²) >= 11 is 0. The third-order valence-corrected chi connectivity index (χ3v) is 6.48. The number of benzene rings is 2. The van der Waals surface area contributed by atoms with Crippen LogP contribution in [0.5, 0.6) is 5.75 Å². The molecule has 0 amide bonds. The Morgan fingerprint density at radius 1 is 0.824 bits per heavy atom. The highest BCUT2D eigenvalue weighted by atomic mass is 16.5. The van der Waals surface area contributed by atoms with Crippen molar-refractivity contribution in [1.82, 2.24) is 19.4 Å². The van der Waals surface area contributed by atoms with Crippen LogP contribution in [0.4, 0.5) is 0 Å². The van der Waals surface area contributed by atoms with Crippen molar-refractivity contribution >= 4 is 11.0 Å². The van der Waals surface area contributed by atoms with Gasteiger partial charge < -0.3 is 15.0 Å². The molecule has 0 radical (unpaired) electrons. The van der Waals surface area contributed by atoms with E-state index in [4.69, 9.17) is 4.74 Å². The Balaban J connectivity index is 1.41. The Morgan fingerprint density at radius 3 is 2.12 bits per heavy atom. The molecule has 1 N–H and O–H groups in total. The largest absolute Gasteiger partial charge is 0.489 e. The standard InChI is InChI=1S/C28H42N4O2/c1-5-7-17-32(18-8-6-2)19-9-16-29-21-23-10-13-25(14-11-23)34-22-24-12-15-26-27(20-24)31(4)28(33)30(26)3/h10-15,20,29H,5-9,16-19,21-22H2,1-4H3. The fraction of sp³-hybridized carbons (Fsp3) is 0.536. The average Bonchev–Trinajstić information content (AvgIpc) is 3.07. The van der Waals surface area contributed by atoms with Gasteiger partial charge in [-0.2, -0.15) is 0 Å². The van der Waals surface area contributed by atoms with Gasteiger partial charge in [-0.3, -0.25) is 9.13 Å². The first-order chi connectivity index (χ1) is 16.5. The number of ether oxygens (including phenoxy) is 1. The number of nitrogens with zero attached hydrogens (tertiary/aromatic N) is 3. The Bertz CT molecular complexity index is 1060. The minimum atomic E-state index is -0.0115. The highest BCUT2D eigenvalue weighted by Gasteiger charge is 2.08. The molecule has 0 saturated heterocycles. The van der Waals surface area contributed by atoms with E-state index in [1.54, 1.807) is 23.2 Å². The van der Waals surface area contributed by atoms with E-state index in [1.807, 2.05) is 30.3 Å². The topological polar surface area (TPSA) is 51.4 Å². The Labute approximate surface area is 204 Å². The number of aromatic nitrogens is 2. The summed E-state index contributed by atoms with van der Waals surface area (Å²) in [6, 6.07) is 14.3. The van der Waals surface area contributed by atoms with E-state index in [-0.39, 0.29) is 5.69 Å². The molecule has 3 rings (SSSR count). The zero-order chi connectivity index (χ0) is 24.3. The molecule has 2 aromatic carbocycles. The van der Waals surface area contributed by atoms with Crippen LogP contribution in [0.15, 0.2) is 47.3 Å². The molecule has 186 valence electrons. The van der Waals surface area contributed by atoms with Crippen LogP contribution in [0, 0.1) is 0 Å². The van der Waals surface area contributed by atoms with Gasteiger partial charge in [0.05, 0.1) is 11.0 Å². The van der Waals surface area contributed by atoms with Gasteiger partial charge in [0, 0.05) is 20.6 Å². The second-order valence-corrected chi connectivity index (χ2v) is 9.24. The maximum absolute atomic E-state index is 12.1. The van der Waals surface area contributed by atoms with Crippen molar-refractivity contribution in [2.24, 2.45) is 14.1 Å². The first-order valence-electron chi connectivity index (χ1n) is 12.8. The van der Waals surface area contributed by atoms with Crippen LogP contribution in [-0.4, -0.2) is 40.2 Å². The highest BCUT2D eigenvalue weighted by Crippen LogP contribution is 2.18. The number of fused-ring (bicyclic) bond motifs is 1. The molecule has 0 aliphatic heterocycles. The number of nitrogens with one attached hydrogen (secondary N) is 1. The van der Waals surface area contributed by atoms with E-state index in [1.165, 1.54) is 57.3 Å². The molecule has 0 fully saturated rings. The van der Waals surface area contributed by atoms with Gasteiger partial charge in [0.1, 0.15) is 12.4 Å². The first-order valence-corrected chi connectivity index (χ1v) is 12.8. The highest BCUT2D eigenvalue weighted by molar-refractivity contribution is 5.76. The summed E-state index contributed by atoms with van der Waals surface area (Å²) in [5.74, 6) is 0.855. The number of aryl methyl sites for hydroxylation is 2. The fourth-order valence-electron chi connectivity index (χ4n) is 4.27. The smallest absolute Gasteiger partial charge is 0.328 e. The zero-order valence-corrected chi connectivity index (χ0v) is 21.5. The molecule has 0 aliphatic carbocycles. The van der Waals surface area contributed by atoms with Crippen molar-refractivity contribution < 1.29 is 4.74 Å². The van der Waals surface area contributed by atoms with Crippen LogP contribution < -0.4 is 15.7 Å². The maximum atomic E-state index is 12.1. The normalized spacial score (nSPS) is 11.6. The molecule has 0 saturated carbocycles. The first kappa shape index (κ1) is 26.0. The molecule has 0 unspecified atom stereocenters. The average molecular weight is 467 g/mol. The minimum Gasteiger partial charge on any atom is -0.489 e. The summed E-state index contributed by atoms with van der Waals surface area (Å²) in [5, 5.41) is 3.58. The number of hydrogen-bond acceptors (Lipinski definition) is 4. The number of unbranched alkanes of at least 4 members (excludes halogenated alkanes) is 2. The van der Waals surface area contributed by atoms with Gasteiger partial charge in [0.25, 0.3) is 0 Å². The van der Waals surface area contributed by atoms with Crippen molar-refractivity contribution in [1.29, 1.82) is 0 Å². The molecular formula is C28H42N4O2. The van der Waals surface area contributed by atoms with Gasteiger partial charge in [-0.05, 0) is 80.8 Å². The summed E-state index contributed by atoms with van der Waals surface area (Å²) in [6.45, 7) is 10.6. The fourth-order valence-corrected chi connectivity index (χ4v) is 4.27. The monoisotopic (exact) mass is 466 g/mol. The number of rotatable bonds is 15. The van der Waals surface area contributed by atoms with Crippen LogP contribution in [-0.2, 0) is 27.2 Å². The molecule has 6 heteroatoms. The lowest BCUT2D eigenvalue weighted by atomic mass is 10.2. The molecular weight excluding hydrogens is 424 g/mol. The number of imidazole rings is 1. The van der Waals surface area contributed by atoms with Crippen LogP contribution in [0.2, 0.25) is 0 Å². The van der Waals surface area contributed by atoms with Crippen LogP contribution >= 0.6 is 0 Å². The molecule has 6 nitrogen and oxygen atoms in total. The zero-order valence-electron chi connectivity index (χ0n) is 21.5. The van der Waals surface area contributed by atoms with Crippen molar-refractivity contribution in [2.45, 2.75) is 59.1 Å². The van der Waals surface area contributed by atoms with E-state index >= 15 is 0 Å². The molecule has 0 bridgehead atoms. The van der Waals surface area contributed by atoms with Crippen molar-refractivity contribution in [3.05, 3.63) is 64.1 Å². The van der Waals surface area contributed by atoms with Gasteiger partial charge in [-0.15, -0.1) is 0 Å². The maximum Gasteiger partial charge on any atom is 0.328 e. The minimum absolute atomic E-state index is 0.0115. The second-order valence-electron chi connectivity index (χ2n) is 9.24. The lowest BCUT2D eigenvalue weighted by Gasteiger charge is -2.22. The predicted molar refractivity (Wildman–Crippen MR) is 142 cm³/mol. The quantitative estimate of drug-likeness (QED) is 0.326. The lowest BCUT2D eigenvalue weighted by molar-refractivity contribution is 0.261. The molecule has 0 aliphatic rings. The van der Waals surface area contributed by atoms with E-state index < -0.39 is 0 Å². The SMILES string of the molecule is CCCCN(CCCC)CCCNCc1ccc(OCc2ccc3c(c2)n(C)c(=O)n3C)cc1. The Hall–Kier alpha value is -2.57. The van der Waals surface area contributed by atoms with Gasteiger partial charge >= 0.3 is 5.69 Å². The molecule has 1 heterocycles. The number of hydrogen-bond donors (Lipinski definition) is 1. The third-order valence-electron chi connectivity index (χ3n) is 6.48. The van der Waals surface area contributed by atoms with Crippen LogP contribution in [0.25, 0.3) is 11.0 Å². The third kappa shape index (κ3) is 7.21. The van der Waals surface area contributed by atoms with Crippen molar-refractivity contribution in [3.8, 4) is 5.75 Å². The van der Waals surface area contributed by atoms with Gasteiger partial charge in [-0.25, -0.2) is 4.79 Å². The Morgan fingerprint density at radius 2 is 1.44 bits per heavy atom.